The zero-order valence-electron chi connectivity index (χ0n) is 10.5. The molecule has 16 heavy (non-hydrogen) atoms. The maximum Gasteiger partial charge on any atom is 0.248 e. The van der Waals surface area contributed by atoms with Crippen LogP contribution in [0.25, 0.3) is 0 Å². The molecule has 0 aromatic carbocycles. The Morgan fingerprint density at radius 1 is 1.44 bits per heavy atom. The van der Waals surface area contributed by atoms with Crippen molar-refractivity contribution in [2.45, 2.75) is 51.7 Å². The Morgan fingerprint density at radius 3 is 2.69 bits per heavy atom. The van der Waals surface area contributed by atoms with E-state index >= 15 is 0 Å². The van der Waals surface area contributed by atoms with E-state index in [2.05, 4.69) is 15.9 Å². The summed E-state index contributed by atoms with van der Waals surface area (Å²) in [4.78, 5) is 14.0. The SMILES string of the molecule is CC(C)(C)OCC(=O)N1CCCCC1CBr. The maximum absolute atomic E-state index is 12.0. The Bertz CT molecular complexity index is 238. The number of likely N-dealkylation sites (tertiary alicyclic amines) is 1. The molecule has 0 aromatic rings. The van der Waals surface area contributed by atoms with Crippen molar-refractivity contribution in [3.63, 3.8) is 0 Å². The lowest BCUT2D eigenvalue weighted by molar-refractivity contribution is -0.144. The third-order valence-electron chi connectivity index (χ3n) is 2.75. The Labute approximate surface area is 107 Å². The van der Waals surface area contributed by atoms with Crippen molar-refractivity contribution in [1.29, 1.82) is 0 Å². The normalized spacial score (nSPS) is 22.2. The molecule has 0 saturated carbocycles. The van der Waals surface area contributed by atoms with Gasteiger partial charge in [-0.25, -0.2) is 0 Å². The van der Waals surface area contributed by atoms with Gasteiger partial charge in [0.05, 0.1) is 5.60 Å². The molecule has 0 radical (unpaired) electrons. The largest absolute Gasteiger partial charge is 0.366 e. The number of amides is 1. The molecule has 1 unspecified atom stereocenters. The minimum atomic E-state index is -0.241. The zero-order valence-corrected chi connectivity index (χ0v) is 12.0. The van der Waals surface area contributed by atoms with Crippen LogP contribution in [0.1, 0.15) is 40.0 Å². The number of piperidine rings is 1. The fraction of sp³-hybridized carbons (Fsp3) is 0.917. The van der Waals surface area contributed by atoms with Crippen LogP contribution in [0.2, 0.25) is 0 Å². The summed E-state index contributed by atoms with van der Waals surface area (Å²) in [5, 5.41) is 0.869. The van der Waals surface area contributed by atoms with Gasteiger partial charge in [0.25, 0.3) is 0 Å². The van der Waals surface area contributed by atoms with Gasteiger partial charge in [0.1, 0.15) is 6.61 Å². The molecular weight excluding hydrogens is 270 g/mol. The molecule has 0 N–H and O–H groups in total. The zero-order chi connectivity index (χ0) is 12.2. The van der Waals surface area contributed by atoms with Crippen LogP contribution in [-0.4, -0.2) is 40.9 Å². The predicted octanol–water partition coefficient (Wildman–Crippen LogP) is 2.58. The number of hydrogen-bond acceptors (Lipinski definition) is 2. The van der Waals surface area contributed by atoms with Gasteiger partial charge in [0.15, 0.2) is 0 Å². The van der Waals surface area contributed by atoms with Crippen LogP contribution in [0.4, 0.5) is 0 Å². The highest BCUT2D eigenvalue weighted by Crippen LogP contribution is 2.19. The standard InChI is InChI=1S/C12H22BrNO2/c1-12(2,3)16-9-11(15)14-7-5-4-6-10(14)8-13/h10H,4-9H2,1-3H3. The average molecular weight is 292 g/mol. The number of nitrogens with zero attached hydrogens (tertiary/aromatic N) is 1. The number of rotatable bonds is 3. The van der Waals surface area contributed by atoms with Crippen molar-refractivity contribution in [1.82, 2.24) is 4.90 Å². The third-order valence-corrected chi connectivity index (χ3v) is 3.50. The van der Waals surface area contributed by atoms with Gasteiger partial charge in [0, 0.05) is 17.9 Å². The Balaban J connectivity index is 2.45. The van der Waals surface area contributed by atoms with E-state index in [1.54, 1.807) is 0 Å². The molecule has 0 bridgehead atoms. The smallest absolute Gasteiger partial charge is 0.248 e. The molecule has 4 heteroatoms. The van der Waals surface area contributed by atoms with E-state index in [0.29, 0.717) is 6.04 Å². The first-order valence-electron chi connectivity index (χ1n) is 5.93. The van der Waals surface area contributed by atoms with Gasteiger partial charge in [0.2, 0.25) is 5.91 Å². The molecule has 1 heterocycles. The lowest BCUT2D eigenvalue weighted by Crippen LogP contribution is -2.46. The minimum Gasteiger partial charge on any atom is -0.366 e. The number of alkyl halides is 1. The van der Waals surface area contributed by atoms with Crippen molar-refractivity contribution in [2.75, 3.05) is 18.5 Å². The summed E-state index contributed by atoms with van der Waals surface area (Å²) in [6.07, 6.45) is 3.44. The molecule has 1 aliphatic rings. The number of hydrogen-bond donors (Lipinski definition) is 0. The summed E-state index contributed by atoms with van der Waals surface area (Å²) < 4.78 is 5.53. The minimum absolute atomic E-state index is 0.124. The number of carbonyl (C=O) groups is 1. The highest BCUT2D eigenvalue weighted by atomic mass is 79.9. The van der Waals surface area contributed by atoms with Crippen molar-refractivity contribution in [3.05, 3.63) is 0 Å². The topological polar surface area (TPSA) is 29.5 Å². The van der Waals surface area contributed by atoms with Gasteiger partial charge in [-0.1, -0.05) is 15.9 Å². The molecule has 0 spiro atoms. The van der Waals surface area contributed by atoms with Crippen LogP contribution in [0.5, 0.6) is 0 Å². The molecule has 1 aliphatic heterocycles. The summed E-state index contributed by atoms with van der Waals surface area (Å²) in [6, 6.07) is 0.352. The van der Waals surface area contributed by atoms with Crippen LogP contribution in [0, 0.1) is 0 Å². The van der Waals surface area contributed by atoms with Gasteiger partial charge in [-0.2, -0.15) is 0 Å². The molecular formula is C12H22BrNO2. The molecule has 1 amide bonds. The van der Waals surface area contributed by atoms with E-state index in [4.69, 9.17) is 4.74 Å². The Kier molecular flexibility index (Phi) is 5.25. The number of halogens is 1. The van der Waals surface area contributed by atoms with E-state index in [9.17, 15) is 4.79 Å². The predicted molar refractivity (Wildman–Crippen MR) is 68.9 cm³/mol. The molecule has 0 aliphatic carbocycles. The van der Waals surface area contributed by atoms with Crippen LogP contribution < -0.4 is 0 Å². The molecule has 1 fully saturated rings. The monoisotopic (exact) mass is 291 g/mol. The molecule has 0 aromatic heterocycles. The molecule has 1 rings (SSSR count). The lowest BCUT2D eigenvalue weighted by atomic mass is 10.0. The van der Waals surface area contributed by atoms with E-state index in [1.807, 2.05) is 25.7 Å². The van der Waals surface area contributed by atoms with E-state index in [1.165, 1.54) is 6.42 Å². The fourth-order valence-electron chi connectivity index (χ4n) is 1.85. The van der Waals surface area contributed by atoms with Crippen LogP contribution >= 0.6 is 15.9 Å². The maximum atomic E-state index is 12.0. The second-order valence-electron chi connectivity index (χ2n) is 5.29. The van der Waals surface area contributed by atoms with Crippen molar-refractivity contribution in [2.24, 2.45) is 0 Å². The van der Waals surface area contributed by atoms with Gasteiger partial charge in [-0.15, -0.1) is 0 Å². The quantitative estimate of drug-likeness (QED) is 0.748. The summed E-state index contributed by atoms with van der Waals surface area (Å²) in [5.74, 6) is 0.124. The molecule has 94 valence electrons. The first-order valence-corrected chi connectivity index (χ1v) is 7.05. The van der Waals surface area contributed by atoms with E-state index in [-0.39, 0.29) is 18.1 Å². The molecule has 3 nitrogen and oxygen atoms in total. The van der Waals surface area contributed by atoms with Gasteiger partial charge in [-0.3, -0.25) is 4.79 Å². The average Bonchev–Trinajstić information content (AvgIpc) is 2.25. The molecule has 1 saturated heterocycles. The first-order chi connectivity index (χ1) is 7.44. The molecule has 1 atom stereocenters. The summed E-state index contributed by atoms with van der Waals surface area (Å²) >= 11 is 3.48. The van der Waals surface area contributed by atoms with Crippen molar-refractivity contribution >= 4 is 21.8 Å². The fourth-order valence-corrected chi connectivity index (χ4v) is 2.52. The summed E-state index contributed by atoms with van der Waals surface area (Å²) in [5.41, 5.74) is -0.241. The highest BCUT2D eigenvalue weighted by Gasteiger charge is 2.26. The summed E-state index contributed by atoms with van der Waals surface area (Å²) in [7, 11) is 0. The van der Waals surface area contributed by atoms with Crippen molar-refractivity contribution < 1.29 is 9.53 Å². The number of ether oxygens (including phenoxy) is 1. The van der Waals surface area contributed by atoms with Crippen LogP contribution in [0.3, 0.4) is 0 Å². The second kappa shape index (κ2) is 6.01. The third kappa shape index (κ3) is 4.42. The van der Waals surface area contributed by atoms with Crippen molar-refractivity contribution in [3.8, 4) is 0 Å². The van der Waals surface area contributed by atoms with Gasteiger partial charge in [-0.05, 0) is 40.0 Å². The van der Waals surface area contributed by atoms with Gasteiger partial charge < -0.3 is 9.64 Å². The Morgan fingerprint density at radius 2 is 2.12 bits per heavy atom. The van der Waals surface area contributed by atoms with Crippen LogP contribution in [-0.2, 0) is 9.53 Å². The first kappa shape index (κ1) is 14.0. The summed E-state index contributed by atoms with van der Waals surface area (Å²) in [6.45, 7) is 6.99. The Hall–Kier alpha value is -0.0900. The lowest BCUT2D eigenvalue weighted by Gasteiger charge is -2.35. The van der Waals surface area contributed by atoms with E-state index < -0.39 is 0 Å². The highest BCUT2D eigenvalue weighted by molar-refractivity contribution is 9.09. The van der Waals surface area contributed by atoms with Crippen LogP contribution in [0.15, 0.2) is 0 Å². The van der Waals surface area contributed by atoms with Gasteiger partial charge >= 0.3 is 0 Å². The number of carbonyl (C=O) groups excluding carboxylic acids is 1. The van der Waals surface area contributed by atoms with E-state index in [0.717, 1.165) is 24.7 Å². The second-order valence-corrected chi connectivity index (χ2v) is 5.94.